The zero-order chi connectivity index (χ0) is 11.8. The summed E-state index contributed by atoms with van der Waals surface area (Å²) >= 11 is 5.99. The van der Waals surface area contributed by atoms with Crippen molar-refractivity contribution < 1.29 is 4.39 Å². The Morgan fingerprint density at radius 2 is 1.88 bits per heavy atom. The maximum atomic E-state index is 13.4. The van der Waals surface area contributed by atoms with Gasteiger partial charge in [0.05, 0.1) is 5.02 Å². The van der Waals surface area contributed by atoms with E-state index in [4.69, 9.17) is 11.6 Å². The number of halogens is 2. The number of rotatable bonds is 1. The van der Waals surface area contributed by atoms with Crippen LogP contribution in [0.4, 0.5) is 4.39 Å². The molecule has 0 fully saturated rings. The second-order valence-electron chi connectivity index (χ2n) is 4.19. The first-order valence-corrected chi connectivity index (χ1v) is 5.90. The van der Waals surface area contributed by atoms with Crippen LogP contribution in [0.1, 0.15) is 11.1 Å². The van der Waals surface area contributed by atoms with Gasteiger partial charge in [-0.25, -0.2) is 4.39 Å². The fourth-order valence-electron chi connectivity index (χ4n) is 2.19. The van der Waals surface area contributed by atoms with Crippen molar-refractivity contribution in [3.05, 3.63) is 58.4 Å². The molecule has 0 saturated heterocycles. The Balaban J connectivity index is 2.13. The third kappa shape index (κ3) is 1.84. The molecule has 1 heterocycles. The van der Waals surface area contributed by atoms with E-state index in [0.29, 0.717) is 0 Å². The molecule has 0 atom stereocenters. The summed E-state index contributed by atoms with van der Waals surface area (Å²) in [6.07, 6.45) is 0. The molecule has 0 aromatic heterocycles. The summed E-state index contributed by atoms with van der Waals surface area (Å²) in [7, 11) is 0. The SMILES string of the molecule is Fc1cccc(-c2ccc3c(c2)CNC3)c1Cl. The first-order chi connectivity index (χ1) is 8.25. The molecule has 3 rings (SSSR count). The lowest BCUT2D eigenvalue weighted by atomic mass is 10.0. The van der Waals surface area contributed by atoms with E-state index >= 15 is 0 Å². The summed E-state index contributed by atoms with van der Waals surface area (Å²) < 4.78 is 13.4. The zero-order valence-electron chi connectivity index (χ0n) is 9.13. The predicted octanol–water partition coefficient (Wildman–Crippen LogP) is 3.75. The summed E-state index contributed by atoms with van der Waals surface area (Å²) in [5.41, 5.74) is 4.29. The van der Waals surface area contributed by atoms with Gasteiger partial charge in [-0.1, -0.05) is 35.9 Å². The molecular formula is C14H11ClFN. The summed E-state index contributed by atoms with van der Waals surface area (Å²) in [6.45, 7) is 1.78. The number of fused-ring (bicyclic) bond motifs is 1. The highest BCUT2D eigenvalue weighted by atomic mass is 35.5. The quantitative estimate of drug-likeness (QED) is 0.809. The number of hydrogen-bond acceptors (Lipinski definition) is 1. The number of benzene rings is 2. The molecule has 0 spiro atoms. The molecule has 0 unspecified atom stereocenters. The van der Waals surface area contributed by atoms with Crippen LogP contribution in [-0.4, -0.2) is 0 Å². The molecule has 0 aliphatic carbocycles. The van der Waals surface area contributed by atoms with Gasteiger partial charge in [0.2, 0.25) is 0 Å². The number of nitrogens with one attached hydrogen (secondary N) is 1. The van der Waals surface area contributed by atoms with Crippen LogP contribution in [0.15, 0.2) is 36.4 Å². The lowest BCUT2D eigenvalue weighted by Crippen LogP contribution is -1.99. The Hall–Kier alpha value is -1.38. The zero-order valence-corrected chi connectivity index (χ0v) is 9.89. The molecule has 17 heavy (non-hydrogen) atoms. The molecular weight excluding hydrogens is 237 g/mol. The summed E-state index contributed by atoms with van der Waals surface area (Å²) in [5, 5.41) is 3.48. The van der Waals surface area contributed by atoms with E-state index in [9.17, 15) is 4.39 Å². The van der Waals surface area contributed by atoms with Gasteiger partial charge < -0.3 is 5.32 Å². The van der Waals surface area contributed by atoms with Crippen molar-refractivity contribution >= 4 is 11.6 Å². The van der Waals surface area contributed by atoms with Crippen LogP contribution < -0.4 is 5.32 Å². The molecule has 1 N–H and O–H groups in total. The summed E-state index contributed by atoms with van der Waals surface area (Å²) in [6, 6.07) is 11.0. The lowest BCUT2D eigenvalue weighted by Gasteiger charge is -2.07. The summed E-state index contributed by atoms with van der Waals surface area (Å²) in [5.74, 6) is -0.372. The van der Waals surface area contributed by atoms with Gasteiger partial charge in [0.25, 0.3) is 0 Å². The Bertz CT molecular complexity index is 580. The minimum Gasteiger partial charge on any atom is -0.309 e. The second kappa shape index (κ2) is 4.13. The van der Waals surface area contributed by atoms with E-state index in [1.807, 2.05) is 12.1 Å². The highest BCUT2D eigenvalue weighted by Gasteiger charge is 2.13. The van der Waals surface area contributed by atoms with Crippen molar-refractivity contribution in [1.29, 1.82) is 0 Å². The maximum Gasteiger partial charge on any atom is 0.142 e. The molecule has 2 aromatic rings. The first-order valence-electron chi connectivity index (χ1n) is 5.52. The standard InChI is InChI=1S/C14H11ClFN/c15-14-12(2-1-3-13(14)16)9-4-5-10-7-17-8-11(10)6-9/h1-6,17H,7-8H2. The Kier molecular flexibility index (Phi) is 2.61. The summed E-state index contributed by atoms with van der Waals surface area (Å²) in [4.78, 5) is 0. The van der Waals surface area contributed by atoms with Gasteiger partial charge in [-0.05, 0) is 28.8 Å². The van der Waals surface area contributed by atoms with Crippen LogP contribution in [0, 0.1) is 5.82 Å². The molecule has 1 aliphatic rings. The topological polar surface area (TPSA) is 12.0 Å². The van der Waals surface area contributed by atoms with Crippen molar-refractivity contribution in [2.24, 2.45) is 0 Å². The van der Waals surface area contributed by atoms with Gasteiger partial charge >= 0.3 is 0 Å². The van der Waals surface area contributed by atoms with E-state index in [-0.39, 0.29) is 10.8 Å². The fourth-order valence-corrected chi connectivity index (χ4v) is 2.42. The minimum absolute atomic E-state index is 0.193. The highest BCUT2D eigenvalue weighted by molar-refractivity contribution is 6.33. The van der Waals surface area contributed by atoms with Gasteiger partial charge in [-0.2, -0.15) is 0 Å². The molecule has 0 saturated carbocycles. The van der Waals surface area contributed by atoms with E-state index < -0.39 is 0 Å². The Labute approximate surface area is 104 Å². The van der Waals surface area contributed by atoms with E-state index in [2.05, 4.69) is 17.4 Å². The van der Waals surface area contributed by atoms with Gasteiger partial charge in [-0.15, -0.1) is 0 Å². The van der Waals surface area contributed by atoms with Crippen molar-refractivity contribution in [1.82, 2.24) is 5.32 Å². The monoisotopic (exact) mass is 247 g/mol. The lowest BCUT2D eigenvalue weighted by molar-refractivity contribution is 0.629. The van der Waals surface area contributed by atoms with Crippen LogP contribution >= 0.6 is 11.6 Å². The molecule has 0 bridgehead atoms. The largest absolute Gasteiger partial charge is 0.309 e. The predicted molar refractivity (Wildman–Crippen MR) is 67.4 cm³/mol. The van der Waals surface area contributed by atoms with Crippen LogP contribution in [0.3, 0.4) is 0 Å². The Morgan fingerprint density at radius 1 is 1.06 bits per heavy atom. The van der Waals surface area contributed by atoms with Gasteiger partial charge in [0.15, 0.2) is 0 Å². The maximum absolute atomic E-state index is 13.4. The average Bonchev–Trinajstić information content (AvgIpc) is 2.79. The average molecular weight is 248 g/mol. The smallest absolute Gasteiger partial charge is 0.142 e. The normalized spacial score (nSPS) is 13.8. The fraction of sp³-hybridized carbons (Fsp3) is 0.143. The molecule has 3 heteroatoms. The molecule has 86 valence electrons. The minimum atomic E-state index is -0.372. The van der Waals surface area contributed by atoms with E-state index in [1.165, 1.54) is 17.2 Å². The molecule has 1 nitrogen and oxygen atoms in total. The van der Waals surface area contributed by atoms with E-state index in [0.717, 1.165) is 24.2 Å². The van der Waals surface area contributed by atoms with E-state index in [1.54, 1.807) is 6.07 Å². The highest BCUT2D eigenvalue weighted by Crippen LogP contribution is 2.31. The first kappa shape index (κ1) is 10.8. The van der Waals surface area contributed by atoms with Crippen molar-refractivity contribution in [3.63, 3.8) is 0 Å². The van der Waals surface area contributed by atoms with Gasteiger partial charge in [0, 0.05) is 18.7 Å². The second-order valence-corrected chi connectivity index (χ2v) is 4.57. The van der Waals surface area contributed by atoms with Gasteiger partial charge in [-0.3, -0.25) is 0 Å². The van der Waals surface area contributed by atoms with Crippen LogP contribution in [-0.2, 0) is 13.1 Å². The van der Waals surface area contributed by atoms with Crippen molar-refractivity contribution in [3.8, 4) is 11.1 Å². The number of hydrogen-bond donors (Lipinski definition) is 1. The molecule has 2 aromatic carbocycles. The molecule has 0 radical (unpaired) electrons. The van der Waals surface area contributed by atoms with Gasteiger partial charge in [0.1, 0.15) is 5.82 Å². The van der Waals surface area contributed by atoms with Crippen LogP contribution in [0.2, 0.25) is 5.02 Å². The van der Waals surface area contributed by atoms with Crippen LogP contribution in [0.5, 0.6) is 0 Å². The Morgan fingerprint density at radius 3 is 2.76 bits per heavy atom. The third-order valence-electron chi connectivity index (χ3n) is 3.10. The van der Waals surface area contributed by atoms with Crippen LogP contribution in [0.25, 0.3) is 11.1 Å². The third-order valence-corrected chi connectivity index (χ3v) is 3.48. The van der Waals surface area contributed by atoms with Crippen molar-refractivity contribution in [2.75, 3.05) is 0 Å². The van der Waals surface area contributed by atoms with Crippen molar-refractivity contribution in [2.45, 2.75) is 13.1 Å². The molecule has 0 amide bonds. The molecule has 1 aliphatic heterocycles.